The highest BCUT2D eigenvalue weighted by Crippen LogP contribution is 2.31. The van der Waals surface area contributed by atoms with Crippen LogP contribution < -0.4 is 4.74 Å². The lowest BCUT2D eigenvalue weighted by Gasteiger charge is -2.13. The second-order valence-electron chi connectivity index (χ2n) is 4.90. The number of rotatable bonds is 10. The predicted octanol–water partition coefficient (Wildman–Crippen LogP) is 4.23. The van der Waals surface area contributed by atoms with Gasteiger partial charge in [0, 0.05) is 30.7 Å². The molecule has 2 rings (SSSR count). The lowest BCUT2D eigenvalue weighted by atomic mass is 10.3. The van der Waals surface area contributed by atoms with Gasteiger partial charge in [0.2, 0.25) is 6.29 Å². The highest BCUT2D eigenvalue weighted by Gasteiger charge is 2.15. The highest BCUT2D eigenvalue weighted by molar-refractivity contribution is 9.10. The SMILES string of the molecule is CCOC(OCC)c1cn(CCCOc2cccc(Br)c2Cl)nn1. The normalized spacial score (nSPS) is 11.2. The second-order valence-corrected chi connectivity index (χ2v) is 6.14. The summed E-state index contributed by atoms with van der Waals surface area (Å²) in [6.45, 7) is 6.16. The van der Waals surface area contributed by atoms with E-state index in [4.69, 9.17) is 25.8 Å². The van der Waals surface area contributed by atoms with Crippen molar-refractivity contribution in [1.29, 1.82) is 0 Å². The molecule has 0 bridgehead atoms. The van der Waals surface area contributed by atoms with Gasteiger partial charge in [-0.05, 0) is 41.9 Å². The average Bonchev–Trinajstić information content (AvgIpc) is 3.04. The van der Waals surface area contributed by atoms with Gasteiger partial charge in [0.25, 0.3) is 0 Å². The van der Waals surface area contributed by atoms with Crippen LogP contribution in [-0.4, -0.2) is 34.8 Å². The molecule has 0 N–H and O–H groups in total. The zero-order valence-corrected chi connectivity index (χ0v) is 16.1. The maximum Gasteiger partial charge on any atom is 0.204 e. The topological polar surface area (TPSA) is 58.4 Å². The smallest absolute Gasteiger partial charge is 0.204 e. The Morgan fingerprint density at radius 3 is 2.71 bits per heavy atom. The number of hydrogen-bond donors (Lipinski definition) is 0. The summed E-state index contributed by atoms with van der Waals surface area (Å²) < 4.78 is 19.3. The van der Waals surface area contributed by atoms with Crippen molar-refractivity contribution in [3.05, 3.63) is 39.6 Å². The molecule has 0 spiro atoms. The van der Waals surface area contributed by atoms with Crippen LogP contribution in [0.25, 0.3) is 0 Å². The predicted molar refractivity (Wildman–Crippen MR) is 95.3 cm³/mol. The number of benzene rings is 1. The molecule has 0 atom stereocenters. The van der Waals surface area contributed by atoms with Crippen LogP contribution in [0.15, 0.2) is 28.9 Å². The van der Waals surface area contributed by atoms with Gasteiger partial charge in [0.15, 0.2) is 0 Å². The third kappa shape index (κ3) is 5.44. The molecule has 0 unspecified atom stereocenters. The Hall–Kier alpha value is -1.15. The average molecular weight is 419 g/mol. The Balaban J connectivity index is 1.81. The van der Waals surface area contributed by atoms with Crippen LogP contribution in [0.3, 0.4) is 0 Å². The lowest BCUT2D eigenvalue weighted by molar-refractivity contribution is -0.142. The first-order valence-electron chi connectivity index (χ1n) is 7.85. The number of aromatic nitrogens is 3. The maximum atomic E-state index is 6.16. The summed E-state index contributed by atoms with van der Waals surface area (Å²) in [5, 5.41) is 8.79. The van der Waals surface area contributed by atoms with Gasteiger partial charge < -0.3 is 14.2 Å². The molecule has 0 saturated carbocycles. The van der Waals surface area contributed by atoms with Crippen molar-refractivity contribution in [2.24, 2.45) is 0 Å². The monoisotopic (exact) mass is 417 g/mol. The molecule has 0 aliphatic rings. The van der Waals surface area contributed by atoms with E-state index in [2.05, 4.69) is 26.2 Å². The van der Waals surface area contributed by atoms with Gasteiger partial charge in [-0.25, -0.2) is 0 Å². The summed E-state index contributed by atoms with van der Waals surface area (Å²) in [5.74, 6) is 0.665. The van der Waals surface area contributed by atoms with Crippen LogP contribution in [0.1, 0.15) is 32.3 Å². The Bertz CT molecular complexity index is 633. The van der Waals surface area contributed by atoms with E-state index in [9.17, 15) is 0 Å². The van der Waals surface area contributed by atoms with E-state index in [1.807, 2.05) is 38.2 Å². The molecule has 0 saturated heterocycles. The molecule has 0 radical (unpaired) electrons. The van der Waals surface area contributed by atoms with Gasteiger partial charge >= 0.3 is 0 Å². The van der Waals surface area contributed by atoms with Gasteiger partial charge in [-0.3, -0.25) is 4.68 Å². The molecular weight excluding hydrogens is 398 g/mol. The van der Waals surface area contributed by atoms with E-state index in [-0.39, 0.29) is 0 Å². The third-order valence-electron chi connectivity index (χ3n) is 3.14. The molecule has 2 aromatic rings. The molecule has 0 aliphatic heterocycles. The van der Waals surface area contributed by atoms with Gasteiger partial charge in [-0.1, -0.05) is 22.9 Å². The number of ether oxygens (including phenoxy) is 3. The summed E-state index contributed by atoms with van der Waals surface area (Å²) in [6, 6.07) is 5.60. The molecule has 24 heavy (non-hydrogen) atoms. The highest BCUT2D eigenvalue weighted by atomic mass is 79.9. The largest absolute Gasteiger partial charge is 0.492 e. The van der Waals surface area contributed by atoms with E-state index in [0.29, 0.717) is 42.8 Å². The van der Waals surface area contributed by atoms with E-state index in [1.54, 1.807) is 4.68 Å². The minimum atomic E-state index is -0.467. The molecule has 1 aromatic heterocycles. The second kappa shape index (κ2) is 9.98. The molecular formula is C16H21BrClN3O3. The standard InChI is InChI=1S/C16H21BrClN3O3/c1-3-22-16(23-4-2)13-11-21(20-19-13)9-6-10-24-14-8-5-7-12(17)15(14)18/h5,7-8,11,16H,3-4,6,9-10H2,1-2H3. The molecule has 0 amide bonds. The molecule has 8 heteroatoms. The van der Waals surface area contributed by atoms with Crippen LogP contribution in [0.4, 0.5) is 0 Å². The fraction of sp³-hybridized carbons (Fsp3) is 0.500. The van der Waals surface area contributed by atoms with Crippen molar-refractivity contribution in [3.8, 4) is 5.75 Å². The molecule has 132 valence electrons. The minimum absolute atomic E-state index is 0.467. The number of halogens is 2. The van der Waals surface area contributed by atoms with Crippen LogP contribution >= 0.6 is 27.5 Å². The van der Waals surface area contributed by atoms with Crippen molar-refractivity contribution in [1.82, 2.24) is 15.0 Å². The first-order chi connectivity index (χ1) is 11.7. The van der Waals surface area contributed by atoms with Crippen molar-refractivity contribution < 1.29 is 14.2 Å². The van der Waals surface area contributed by atoms with Crippen LogP contribution in [0.5, 0.6) is 5.75 Å². The van der Waals surface area contributed by atoms with Crippen LogP contribution in [-0.2, 0) is 16.0 Å². The van der Waals surface area contributed by atoms with E-state index < -0.39 is 6.29 Å². The third-order valence-corrected chi connectivity index (χ3v) is 4.42. The van der Waals surface area contributed by atoms with E-state index >= 15 is 0 Å². The van der Waals surface area contributed by atoms with Crippen molar-refractivity contribution >= 4 is 27.5 Å². The number of hydrogen-bond acceptors (Lipinski definition) is 5. The summed E-state index contributed by atoms with van der Waals surface area (Å²) in [7, 11) is 0. The first kappa shape index (κ1) is 19.2. The lowest BCUT2D eigenvalue weighted by Crippen LogP contribution is -2.09. The molecule has 6 nitrogen and oxygen atoms in total. The van der Waals surface area contributed by atoms with Gasteiger partial charge in [0.05, 0.1) is 17.8 Å². The van der Waals surface area contributed by atoms with Crippen LogP contribution in [0.2, 0.25) is 5.02 Å². The maximum absolute atomic E-state index is 6.16. The zero-order chi connectivity index (χ0) is 17.4. The summed E-state index contributed by atoms with van der Waals surface area (Å²) in [5.41, 5.74) is 0.676. The molecule has 0 aliphatic carbocycles. The Kier molecular flexibility index (Phi) is 7.98. The van der Waals surface area contributed by atoms with Crippen molar-refractivity contribution in [2.75, 3.05) is 19.8 Å². The Labute approximate surface area is 155 Å². The molecule has 0 fully saturated rings. The van der Waals surface area contributed by atoms with Gasteiger partial charge in [-0.15, -0.1) is 5.10 Å². The Morgan fingerprint density at radius 2 is 2.00 bits per heavy atom. The Morgan fingerprint density at radius 1 is 1.25 bits per heavy atom. The summed E-state index contributed by atoms with van der Waals surface area (Å²) in [6.07, 6.45) is 2.15. The number of aryl methyl sites for hydroxylation is 1. The minimum Gasteiger partial charge on any atom is -0.492 e. The molecule has 1 aromatic carbocycles. The first-order valence-corrected chi connectivity index (χ1v) is 9.02. The van der Waals surface area contributed by atoms with Gasteiger partial charge in [0.1, 0.15) is 11.4 Å². The van der Waals surface area contributed by atoms with Crippen molar-refractivity contribution in [3.63, 3.8) is 0 Å². The van der Waals surface area contributed by atoms with Gasteiger partial charge in [-0.2, -0.15) is 0 Å². The summed E-state index contributed by atoms with van der Waals surface area (Å²) >= 11 is 9.53. The van der Waals surface area contributed by atoms with Crippen LogP contribution in [0, 0.1) is 0 Å². The quantitative estimate of drug-likeness (QED) is 0.427. The fourth-order valence-corrected chi connectivity index (χ4v) is 2.59. The zero-order valence-electron chi connectivity index (χ0n) is 13.7. The van der Waals surface area contributed by atoms with E-state index in [0.717, 1.165) is 10.9 Å². The summed E-state index contributed by atoms with van der Waals surface area (Å²) in [4.78, 5) is 0. The van der Waals surface area contributed by atoms with Crippen molar-refractivity contribution in [2.45, 2.75) is 33.1 Å². The van der Waals surface area contributed by atoms with E-state index in [1.165, 1.54) is 0 Å². The number of nitrogens with zero attached hydrogens (tertiary/aromatic N) is 3. The molecule has 1 heterocycles. The fourth-order valence-electron chi connectivity index (χ4n) is 2.06.